The highest BCUT2D eigenvalue weighted by atomic mass is 32.2. The molecule has 28 heavy (non-hydrogen) atoms. The molecule has 0 bridgehead atoms. The molecule has 0 aliphatic rings. The second-order valence-corrected chi connectivity index (χ2v) is 8.06. The molecule has 150 valence electrons. The molecule has 0 unspecified atom stereocenters. The Labute approximate surface area is 165 Å². The van der Waals surface area contributed by atoms with Crippen LogP contribution in [-0.4, -0.2) is 33.3 Å². The van der Waals surface area contributed by atoms with Gasteiger partial charge in [-0.1, -0.05) is 42.8 Å². The van der Waals surface area contributed by atoms with Crippen molar-refractivity contribution in [2.24, 2.45) is 0 Å². The summed E-state index contributed by atoms with van der Waals surface area (Å²) in [6.07, 6.45) is 0.716. The molecule has 0 aliphatic carbocycles. The number of hydrogen-bond acceptors (Lipinski definition) is 4. The Bertz CT molecular complexity index is 925. The van der Waals surface area contributed by atoms with Crippen LogP contribution in [-0.2, 0) is 26.0 Å². The van der Waals surface area contributed by atoms with Gasteiger partial charge in [0.2, 0.25) is 21.8 Å². The Morgan fingerprint density at radius 2 is 1.64 bits per heavy atom. The van der Waals surface area contributed by atoms with Crippen molar-refractivity contribution >= 4 is 27.5 Å². The number of nitrogens with one attached hydrogen (secondary N) is 3. The van der Waals surface area contributed by atoms with E-state index in [1.54, 1.807) is 18.2 Å². The zero-order valence-corrected chi connectivity index (χ0v) is 16.8. The number of aryl methyl sites for hydroxylation is 2. The zero-order valence-electron chi connectivity index (χ0n) is 16.0. The average Bonchev–Trinajstić information content (AvgIpc) is 2.67. The topological polar surface area (TPSA) is 104 Å². The number of rotatable bonds is 9. The van der Waals surface area contributed by atoms with E-state index in [0.29, 0.717) is 0 Å². The fourth-order valence-corrected chi connectivity index (χ4v) is 3.54. The fourth-order valence-electron chi connectivity index (χ4n) is 2.51. The number of hydrogen-bond donors (Lipinski definition) is 3. The molecule has 8 heteroatoms. The fraction of sp³-hybridized carbons (Fsp3) is 0.300. The van der Waals surface area contributed by atoms with Crippen LogP contribution in [0.5, 0.6) is 0 Å². The largest absolute Gasteiger partial charge is 0.347 e. The summed E-state index contributed by atoms with van der Waals surface area (Å²) in [5, 5.41) is 5.25. The second-order valence-electron chi connectivity index (χ2n) is 6.30. The maximum Gasteiger partial charge on any atom is 0.243 e. The van der Waals surface area contributed by atoms with E-state index >= 15 is 0 Å². The maximum absolute atomic E-state index is 12.1. The van der Waals surface area contributed by atoms with Crippen molar-refractivity contribution in [2.75, 3.05) is 18.4 Å². The Kier molecular flexibility index (Phi) is 7.71. The molecule has 0 fully saturated rings. The lowest BCUT2D eigenvalue weighted by molar-refractivity contribution is -0.124. The van der Waals surface area contributed by atoms with Crippen LogP contribution in [0.2, 0.25) is 0 Å². The van der Waals surface area contributed by atoms with Crippen LogP contribution in [0.4, 0.5) is 5.69 Å². The highest BCUT2D eigenvalue weighted by Crippen LogP contribution is 2.15. The summed E-state index contributed by atoms with van der Waals surface area (Å²) in [6.45, 7) is 3.62. The predicted molar refractivity (Wildman–Crippen MR) is 108 cm³/mol. The van der Waals surface area contributed by atoms with E-state index in [9.17, 15) is 18.0 Å². The highest BCUT2D eigenvalue weighted by molar-refractivity contribution is 7.89. The molecule has 0 atom stereocenters. The summed E-state index contributed by atoms with van der Waals surface area (Å²) in [7, 11) is -3.66. The first-order valence-electron chi connectivity index (χ1n) is 9.02. The highest BCUT2D eigenvalue weighted by Gasteiger charge is 2.14. The first-order valence-corrected chi connectivity index (χ1v) is 10.5. The van der Waals surface area contributed by atoms with E-state index in [-0.39, 0.29) is 30.3 Å². The predicted octanol–water partition coefficient (Wildman–Crippen LogP) is 1.98. The van der Waals surface area contributed by atoms with E-state index in [4.69, 9.17) is 0 Å². The lowest BCUT2D eigenvalue weighted by atomic mass is 10.1. The number of sulfonamides is 1. The van der Waals surface area contributed by atoms with Gasteiger partial charge in [-0.25, -0.2) is 13.1 Å². The van der Waals surface area contributed by atoms with Crippen LogP contribution < -0.4 is 15.4 Å². The van der Waals surface area contributed by atoms with Crippen molar-refractivity contribution in [2.45, 2.75) is 31.6 Å². The molecule has 0 radical (unpaired) electrons. The minimum Gasteiger partial charge on any atom is -0.347 e. The van der Waals surface area contributed by atoms with Crippen LogP contribution in [0.3, 0.4) is 0 Å². The number of anilines is 1. The van der Waals surface area contributed by atoms with Crippen LogP contribution in [0.25, 0.3) is 0 Å². The Balaban J connectivity index is 1.75. The summed E-state index contributed by atoms with van der Waals surface area (Å²) in [4.78, 5) is 24.0. The summed E-state index contributed by atoms with van der Waals surface area (Å²) >= 11 is 0. The SMILES string of the molecule is CCc1ccccc1NC(=O)CNC(=O)CCNS(=O)(=O)c1ccc(C)cc1. The van der Waals surface area contributed by atoms with Crippen LogP contribution in [0.1, 0.15) is 24.5 Å². The maximum atomic E-state index is 12.1. The number of para-hydroxylation sites is 1. The lowest BCUT2D eigenvalue weighted by Crippen LogP contribution is -2.35. The Hall–Kier alpha value is -2.71. The summed E-state index contributed by atoms with van der Waals surface area (Å²) in [6, 6.07) is 13.9. The number of benzene rings is 2. The van der Waals surface area contributed by atoms with E-state index < -0.39 is 15.9 Å². The van der Waals surface area contributed by atoms with Crippen LogP contribution in [0.15, 0.2) is 53.4 Å². The van der Waals surface area contributed by atoms with Crippen molar-refractivity contribution in [1.29, 1.82) is 0 Å². The molecular weight excluding hydrogens is 378 g/mol. The third-order valence-electron chi connectivity index (χ3n) is 4.09. The van der Waals surface area contributed by atoms with Gasteiger partial charge in [-0.3, -0.25) is 9.59 Å². The van der Waals surface area contributed by atoms with Gasteiger partial charge < -0.3 is 10.6 Å². The number of carbonyl (C=O) groups excluding carboxylic acids is 2. The van der Waals surface area contributed by atoms with E-state index in [1.807, 2.05) is 32.0 Å². The molecule has 3 N–H and O–H groups in total. The standard InChI is InChI=1S/C20H25N3O4S/c1-3-16-6-4-5-7-18(16)23-20(25)14-21-19(24)12-13-22-28(26,27)17-10-8-15(2)9-11-17/h4-11,22H,3,12-14H2,1-2H3,(H,21,24)(H,23,25). The van der Waals surface area contributed by atoms with Gasteiger partial charge in [0, 0.05) is 18.7 Å². The molecule has 2 aromatic carbocycles. The van der Waals surface area contributed by atoms with Gasteiger partial charge in [0.25, 0.3) is 0 Å². The quantitative estimate of drug-likeness (QED) is 0.595. The minimum atomic E-state index is -3.66. The number of amides is 2. The average molecular weight is 404 g/mol. The molecule has 0 spiro atoms. The summed E-state index contributed by atoms with van der Waals surface area (Å²) < 4.78 is 26.7. The monoisotopic (exact) mass is 403 g/mol. The van der Waals surface area contributed by atoms with Crippen molar-refractivity contribution in [3.05, 3.63) is 59.7 Å². The third-order valence-corrected chi connectivity index (χ3v) is 5.57. The van der Waals surface area contributed by atoms with Crippen molar-refractivity contribution in [3.63, 3.8) is 0 Å². The molecule has 2 rings (SSSR count). The van der Waals surface area contributed by atoms with Gasteiger partial charge in [0.15, 0.2) is 0 Å². The smallest absolute Gasteiger partial charge is 0.243 e. The second kappa shape index (κ2) is 10.0. The molecule has 0 aromatic heterocycles. The van der Waals surface area contributed by atoms with Crippen molar-refractivity contribution in [1.82, 2.24) is 10.0 Å². The van der Waals surface area contributed by atoms with E-state index in [1.165, 1.54) is 12.1 Å². The summed E-state index contributed by atoms with van der Waals surface area (Å²) in [5.74, 6) is -0.750. The van der Waals surface area contributed by atoms with Crippen molar-refractivity contribution < 1.29 is 18.0 Å². The first-order chi connectivity index (χ1) is 13.3. The zero-order chi connectivity index (χ0) is 20.6. The molecular formula is C20H25N3O4S. The van der Waals surface area contributed by atoms with E-state index in [0.717, 1.165) is 23.2 Å². The molecule has 0 heterocycles. The van der Waals surface area contributed by atoms with Crippen molar-refractivity contribution in [3.8, 4) is 0 Å². The molecule has 0 saturated carbocycles. The molecule has 0 saturated heterocycles. The Morgan fingerprint density at radius 3 is 2.32 bits per heavy atom. The van der Waals surface area contributed by atoms with Gasteiger partial charge in [-0.2, -0.15) is 0 Å². The van der Waals surface area contributed by atoms with Gasteiger partial charge in [0.1, 0.15) is 0 Å². The third kappa shape index (κ3) is 6.47. The van der Waals surface area contributed by atoms with Crippen LogP contribution >= 0.6 is 0 Å². The minimum absolute atomic E-state index is 0.0532. The first kappa shape index (κ1) is 21.6. The molecule has 2 aromatic rings. The van der Waals surface area contributed by atoms with Gasteiger partial charge in [0.05, 0.1) is 11.4 Å². The van der Waals surface area contributed by atoms with E-state index in [2.05, 4.69) is 15.4 Å². The van der Waals surface area contributed by atoms with Gasteiger partial charge in [-0.05, 0) is 37.1 Å². The molecule has 2 amide bonds. The lowest BCUT2D eigenvalue weighted by Gasteiger charge is -2.10. The normalized spacial score (nSPS) is 11.1. The van der Waals surface area contributed by atoms with Crippen LogP contribution in [0, 0.1) is 6.92 Å². The molecule has 0 aliphatic heterocycles. The number of carbonyl (C=O) groups is 2. The molecule has 7 nitrogen and oxygen atoms in total. The summed E-state index contributed by atoms with van der Waals surface area (Å²) in [5.41, 5.74) is 2.68. The van der Waals surface area contributed by atoms with Gasteiger partial charge >= 0.3 is 0 Å². The Morgan fingerprint density at radius 1 is 0.964 bits per heavy atom. The van der Waals surface area contributed by atoms with Gasteiger partial charge in [-0.15, -0.1) is 0 Å².